The zero-order chi connectivity index (χ0) is 12.0. The minimum Gasteiger partial charge on any atom is -0.370 e. The van der Waals surface area contributed by atoms with Gasteiger partial charge in [-0.1, -0.05) is 12.1 Å². The molecule has 1 atom stereocenters. The van der Waals surface area contributed by atoms with Crippen molar-refractivity contribution in [3.63, 3.8) is 0 Å². The van der Waals surface area contributed by atoms with E-state index < -0.39 is 0 Å². The van der Waals surface area contributed by atoms with Crippen molar-refractivity contribution in [2.45, 2.75) is 26.3 Å². The Morgan fingerprint density at radius 1 is 1.44 bits per heavy atom. The van der Waals surface area contributed by atoms with Gasteiger partial charge in [0.1, 0.15) is 5.82 Å². The molecule has 1 unspecified atom stereocenters. The molecule has 0 aliphatic rings. The molecule has 0 bridgehead atoms. The van der Waals surface area contributed by atoms with Crippen LogP contribution < -0.4 is 11.1 Å². The second-order valence-electron chi connectivity index (χ2n) is 3.74. The fourth-order valence-electron chi connectivity index (χ4n) is 1.49. The first-order valence-corrected chi connectivity index (χ1v) is 5.42. The van der Waals surface area contributed by atoms with Crippen molar-refractivity contribution < 1.29 is 4.39 Å². The van der Waals surface area contributed by atoms with E-state index in [1.807, 2.05) is 13.8 Å². The quantitative estimate of drug-likeness (QED) is 0.602. The number of guanidine groups is 1. The van der Waals surface area contributed by atoms with Gasteiger partial charge in [0.25, 0.3) is 0 Å². The van der Waals surface area contributed by atoms with Crippen LogP contribution in [0.5, 0.6) is 0 Å². The molecular formula is C12H18FN3. The van der Waals surface area contributed by atoms with Crippen LogP contribution in [-0.4, -0.2) is 18.5 Å². The third-order valence-electron chi connectivity index (χ3n) is 2.18. The molecule has 1 aromatic rings. The molecule has 16 heavy (non-hydrogen) atoms. The predicted octanol–water partition coefficient (Wildman–Crippen LogP) is 1.68. The van der Waals surface area contributed by atoms with Gasteiger partial charge in [0, 0.05) is 12.6 Å². The summed E-state index contributed by atoms with van der Waals surface area (Å²) in [7, 11) is 0. The van der Waals surface area contributed by atoms with E-state index in [0.717, 1.165) is 12.0 Å². The fourth-order valence-corrected chi connectivity index (χ4v) is 1.49. The summed E-state index contributed by atoms with van der Waals surface area (Å²) in [4.78, 5) is 4.04. The van der Waals surface area contributed by atoms with Gasteiger partial charge < -0.3 is 11.1 Å². The number of nitrogens with zero attached hydrogens (tertiary/aromatic N) is 1. The topological polar surface area (TPSA) is 50.4 Å². The molecule has 4 heteroatoms. The van der Waals surface area contributed by atoms with Crippen LogP contribution in [0.15, 0.2) is 29.3 Å². The third kappa shape index (κ3) is 4.29. The maximum absolute atomic E-state index is 12.7. The van der Waals surface area contributed by atoms with Crippen LogP contribution in [-0.2, 0) is 6.42 Å². The predicted molar refractivity (Wildman–Crippen MR) is 64.9 cm³/mol. The van der Waals surface area contributed by atoms with Crippen molar-refractivity contribution in [2.75, 3.05) is 6.54 Å². The van der Waals surface area contributed by atoms with Gasteiger partial charge in [-0.3, -0.25) is 4.99 Å². The molecule has 3 nitrogen and oxygen atoms in total. The maximum atomic E-state index is 12.7. The summed E-state index contributed by atoms with van der Waals surface area (Å²) in [6.45, 7) is 4.61. The van der Waals surface area contributed by atoms with Crippen LogP contribution in [0.2, 0.25) is 0 Å². The minimum absolute atomic E-state index is 0.181. The molecule has 0 heterocycles. The van der Waals surface area contributed by atoms with Crippen molar-refractivity contribution in [2.24, 2.45) is 10.7 Å². The lowest BCUT2D eigenvalue weighted by atomic mass is 10.1. The number of nitrogens with two attached hydrogens (primary N) is 1. The summed E-state index contributed by atoms with van der Waals surface area (Å²) >= 11 is 0. The molecule has 0 aliphatic carbocycles. The van der Waals surface area contributed by atoms with Crippen LogP contribution in [0.4, 0.5) is 4.39 Å². The smallest absolute Gasteiger partial charge is 0.188 e. The highest BCUT2D eigenvalue weighted by molar-refractivity contribution is 5.78. The van der Waals surface area contributed by atoms with Gasteiger partial charge in [0.05, 0.1) is 0 Å². The SMILES string of the molecule is CCN=C(N)NC(C)Cc1ccc(F)cc1. The fraction of sp³-hybridized carbons (Fsp3) is 0.417. The highest BCUT2D eigenvalue weighted by Crippen LogP contribution is 2.05. The molecule has 0 amide bonds. The molecule has 1 aromatic carbocycles. The van der Waals surface area contributed by atoms with E-state index in [4.69, 9.17) is 5.73 Å². The van der Waals surface area contributed by atoms with Crippen LogP contribution in [0, 0.1) is 5.82 Å². The monoisotopic (exact) mass is 223 g/mol. The Bertz CT molecular complexity index is 346. The van der Waals surface area contributed by atoms with Crippen molar-refractivity contribution in [1.82, 2.24) is 5.32 Å². The van der Waals surface area contributed by atoms with E-state index in [-0.39, 0.29) is 11.9 Å². The maximum Gasteiger partial charge on any atom is 0.188 e. The van der Waals surface area contributed by atoms with Crippen molar-refractivity contribution in [1.29, 1.82) is 0 Å². The molecule has 88 valence electrons. The Morgan fingerprint density at radius 2 is 2.06 bits per heavy atom. The molecule has 1 rings (SSSR count). The molecule has 0 saturated heterocycles. The lowest BCUT2D eigenvalue weighted by Gasteiger charge is -2.14. The summed E-state index contributed by atoms with van der Waals surface area (Å²) in [5, 5.41) is 3.08. The molecule has 0 spiro atoms. The van der Waals surface area contributed by atoms with Gasteiger partial charge >= 0.3 is 0 Å². The molecule has 0 saturated carbocycles. The molecule has 0 radical (unpaired) electrons. The normalized spacial score (nSPS) is 13.6. The Morgan fingerprint density at radius 3 is 2.62 bits per heavy atom. The van der Waals surface area contributed by atoms with Gasteiger partial charge in [-0.15, -0.1) is 0 Å². The van der Waals surface area contributed by atoms with Crippen LogP contribution in [0.25, 0.3) is 0 Å². The molecule has 0 aliphatic heterocycles. The summed E-state index contributed by atoms with van der Waals surface area (Å²) in [6.07, 6.45) is 0.792. The van der Waals surface area contributed by atoms with Crippen LogP contribution in [0.1, 0.15) is 19.4 Å². The van der Waals surface area contributed by atoms with Gasteiger partial charge in [-0.2, -0.15) is 0 Å². The minimum atomic E-state index is -0.212. The first-order chi connectivity index (χ1) is 7.61. The van der Waals surface area contributed by atoms with E-state index in [0.29, 0.717) is 12.5 Å². The lowest BCUT2D eigenvalue weighted by molar-refractivity contribution is 0.622. The molecule has 3 N–H and O–H groups in total. The number of hydrogen-bond donors (Lipinski definition) is 2. The number of hydrogen-bond acceptors (Lipinski definition) is 1. The summed E-state index contributed by atoms with van der Waals surface area (Å²) in [5.41, 5.74) is 6.72. The Kier molecular flexibility index (Phi) is 4.76. The average Bonchev–Trinajstić information content (AvgIpc) is 2.21. The van der Waals surface area contributed by atoms with Crippen LogP contribution in [0.3, 0.4) is 0 Å². The average molecular weight is 223 g/mol. The Labute approximate surface area is 95.6 Å². The van der Waals surface area contributed by atoms with Crippen molar-refractivity contribution in [3.8, 4) is 0 Å². The zero-order valence-corrected chi connectivity index (χ0v) is 9.70. The molecular weight excluding hydrogens is 205 g/mol. The summed E-state index contributed by atoms with van der Waals surface area (Å²) < 4.78 is 12.7. The summed E-state index contributed by atoms with van der Waals surface area (Å²) in [5.74, 6) is 0.244. The second-order valence-corrected chi connectivity index (χ2v) is 3.74. The van der Waals surface area contributed by atoms with Gasteiger partial charge in [-0.25, -0.2) is 4.39 Å². The number of rotatable bonds is 4. The third-order valence-corrected chi connectivity index (χ3v) is 2.18. The zero-order valence-electron chi connectivity index (χ0n) is 9.70. The number of nitrogens with one attached hydrogen (secondary N) is 1. The Balaban J connectivity index is 2.48. The van der Waals surface area contributed by atoms with Crippen LogP contribution >= 0.6 is 0 Å². The number of benzene rings is 1. The lowest BCUT2D eigenvalue weighted by Crippen LogP contribution is -2.39. The van der Waals surface area contributed by atoms with E-state index in [9.17, 15) is 4.39 Å². The highest BCUT2D eigenvalue weighted by atomic mass is 19.1. The Hall–Kier alpha value is -1.58. The van der Waals surface area contributed by atoms with Gasteiger partial charge in [0.15, 0.2) is 5.96 Å². The first kappa shape index (κ1) is 12.5. The van der Waals surface area contributed by atoms with E-state index in [1.165, 1.54) is 12.1 Å². The van der Waals surface area contributed by atoms with E-state index in [2.05, 4.69) is 10.3 Å². The standard InChI is InChI=1S/C12H18FN3/c1-3-15-12(14)16-9(2)8-10-4-6-11(13)7-5-10/h4-7,9H,3,8H2,1-2H3,(H3,14,15,16). The largest absolute Gasteiger partial charge is 0.370 e. The van der Waals surface area contributed by atoms with Crippen molar-refractivity contribution >= 4 is 5.96 Å². The van der Waals surface area contributed by atoms with Gasteiger partial charge in [0.2, 0.25) is 0 Å². The van der Waals surface area contributed by atoms with E-state index >= 15 is 0 Å². The number of aliphatic imine (C=N–C) groups is 1. The van der Waals surface area contributed by atoms with Gasteiger partial charge in [-0.05, 0) is 38.0 Å². The first-order valence-electron chi connectivity index (χ1n) is 5.42. The number of halogens is 1. The molecule has 0 aromatic heterocycles. The highest BCUT2D eigenvalue weighted by Gasteiger charge is 2.04. The van der Waals surface area contributed by atoms with Crippen molar-refractivity contribution in [3.05, 3.63) is 35.6 Å². The summed E-state index contributed by atoms with van der Waals surface area (Å²) in [6, 6.07) is 6.67. The van der Waals surface area contributed by atoms with E-state index in [1.54, 1.807) is 12.1 Å². The second kappa shape index (κ2) is 6.10. The molecule has 0 fully saturated rings.